The number of aliphatic hydroxyl groups excluding tert-OH is 2. The summed E-state index contributed by atoms with van der Waals surface area (Å²) in [5.74, 6) is -0.328. The van der Waals surface area contributed by atoms with Gasteiger partial charge in [-0.1, -0.05) is 59.6 Å². The number of hydrogen-bond donors (Lipinski definition) is 4. The van der Waals surface area contributed by atoms with Crippen LogP contribution in [0.2, 0.25) is 10.0 Å². The number of alkyl halides is 6. The molecule has 16 nitrogen and oxygen atoms in total. The number of aliphatic hydroxyl groups is 2. The van der Waals surface area contributed by atoms with Crippen LogP contribution < -0.4 is 28.7 Å². The van der Waals surface area contributed by atoms with E-state index in [0.29, 0.717) is 72.3 Å². The molecule has 0 radical (unpaired) electrons. The number of anilines is 2. The van der Waals surface area contributed by atoms with Gasteiger partial charge < -0.3 is 29.5 Å². The smallest absolute Gasteiger partial charge is 0.490 e. The highest BCUT2D eigenvalue weighted by atomic mass is 35.5. The van der Waals surface area contributed by atoms with Crippen molar-refractivity contribution in [3.05, 3.63) is 141 Å². The van der Waals surface area contributed by atoms with Gasteiger partial charge in [0.15, 0.2) is 0 Å². The monoisotopic (exact) mass is 1360 g/mol. The van der Waals surface area contributed by atoms with Gasteiger partial charge in [-0.15, -0.1) is 26.3 Å². The van der Waals surface area contributed by atoms with Crippen LogP contribution in [0.1, 0.15) is 133 Å². The summed E-state index contributed by atoms with van der Waals surface area (Å²) < 4.78 is 154. The van der Waals surface area contributed by atoms with Crippen LogP contribution in [0.25, 0.3) is 0 Å². The fourth-order valence-electron chi connectivity index (χ4n) is 15.0. The van der Waals surface area contributed by atoms with E-state index < -0.39 is 93.3 Å². The van der Waals surface area contributed by atoms with Gasteiger partial charge in [-0.3, -0.25) is 19.1 Å². The summed E-state index contributed by atoms with van der Waals surface area (Å²) in [6.07, 6.45) is 3.64. The molecule has 4 aromatic rings. The molecule has 4 bridgehead atoms. The number of sulfonamides is 2. The highest BCUT2D eigenvalue weighted by Crippen LogP contribution is 2.49. The molecule has 2 amide bonds. The Bertz CT molecular complexity index is 3440. The molecule has 0 unspecified atom stereocenters. The van der Waals surface area contributed by atoms with Gasteiger partial charge in [-0.2, -0.15) is 0 Å². The molecule has 0 saturated heterocycles. The summed E-state index contributed by atoms with van der Waals surface area (Å²) in [7, 11) is -8.78. The van der Waals surface area contributed by atoms with E-state index >= 15 is 0 Å². The summed E-state index contributed by atoms with van der Waals surface area (Å²) >= 11 is 12.7. The Labute approximate surface area is 542 Å². The number of allylic oxidation sites excluding steroid dienone is 2. The third kappa shape index (κ3) is 15.5. The number of aryl methyl sites for hydroxylation is 2. The van der Waals surface area contributed by atoms with Crippen LogP contribution in [0.5, 0.6) is 11.5 Å². The molecule has 2 saturated carbocycles. The number of hydrogen-bond acceptors (Lipinski definition) is 14. The molecule has 0 aromatic heterocycles. The topological polar surface area (TPSA) is 210 Å². The standard InChI is InChI=1S/2C33H38ClF3N2O6S/c2*34-24-9-11-27-21(16-24)4-3-14-32(27)19-39-18-23-7-10-26(23)29(40)6-2-1-5-25(13-15-45-33(35,36)37)46(42,43)38-31(41)22-8-12-30(44-20-32)28(39)17-22/h2*2,6,8-9,11-12,16-17,23,25-26,29,40H,1,3-5,7,10,13-15,18-20H2,(H,38,41)/b2*6-2+/t23-,25+,26+,29-,32-;23-,25-,26+,29-,32-/m00/s1. The Morgan fingerprint density at radius 1 is 0.576 bits per heavy atom. The molecule has 4 aliphatic carbocycles. The van der Waals surface area contributed by atoms with Gasteiger partial charge in [0.25, 0.3) is 11.8 Å². The number of carbonyl (C=O) groups is 2. The van der Waals surface area contributed by atoms with E-state index in [-0.39, 0.29) is 71.3 Å². The Kier molecular flexibility index (Phi) is 20.4. The molecule has 10 atom stereocenters. The summed E-state index contributed by atoms with van der Waals surface area (Å²) in [6.45, 7) is 1.48. The van der Waals surface area contributed by atoms with Gasteiger partial charge in [-0.05, 0) is 209 Å². The molecular weight excluding hydrogens is 1290 g/mol. The predicted molar refractivity (Wildman–Crippen MR) is 335 cm³/mol. The Morgan fingerprint density at radius 2 is 0.989 bits per heavy atom. The zero-order valence-electron chi connectivity index (χ0n) is 50.5. The normalized spacial score (nSPS) is 30.2. The molecule has 500 valence electrons. The number of halogens is 8. The molecule has 12 rings (SSSR count). The van der Waals surface area contributed by atoms with Gasteiger partial charge in [0, 0.05) is 58.2 Å². The lowest BCUT2D eigenvalue weighted by molar-refractivity contribution is -0.325. The van der Waals surface area contributed by atoms with E-state index in [9.17, 15) is 63.0 Å². The van der Waals surface area contributed by atoms with Crippen LogP contribution in [0.15, 0.2) is 97.1 Å². The minimum absolute atomic E-state index is 0.0172. The molecule has 8 aliphatic rings. The maximum atomic E-state index is 13.4. The average Bonchev–Trinajstić information content (AvgIpc) is 1.45. The Morgan fingerprint density at radius 3 is 1.37 bits per heavy atom. The van der Waals surface area contributed by atoms with Crippen molar-refractivity contribution in [3.63, 3.8) is 0 Å². The van der Waals surface area contributed by atoms with Gasteiger partial charge in [0.1, 0.15) is 11.5 Å². The molecule has 4 N–H and O–H groups in total. The molecule has 4 heterocycles. The van der Waals surface area contributed by atoms with E-state index in [1.807, 2.05) is 24.3 Å². The first-order valence-corrected chi connectivity index (χ1v) is 35.4. The zero-order valence-corrected chi connectivity index (χ0v) is 53.7. The zero-order chi connectivity index (χ0) is 65.4. The van der Waals surface area contributed by atoms with Gasteiger partial charge in [0.05, 0.1) is 60.5 Å². The minimum atomic E-state index is -4.91. The first-order valence-electron chi connectivity index (χ1n) is 31.5. The summed E-state index contributed by atoms with van der Waals surface area (Å²) in [5, 5.41) is 20.9. The van der Waals surface area contributed by atoms with Crippen molar-refractivity contribution in [2.75, 3.05) is 62.4 Å². The quantitative estimate of drug-likeness (QED) is 0.105. The molecule has 4 aliphatic heterocycles. The number of carbonyl (C=O) groups excluding carboxylic acids is 2. The fraction of sp³-hybridized carbons (Fsp3) is 0.545. The second-order valence-corrected chi connectivity index (χ2v) is 30.7. The van der Waals surface area contributed by atoms with Crippen LogP contribution in [0.4, 0.5) is 37.7 Å². The lowest BCUT2D eigenvalue weighted by atomic mass is 9.68. The highest BCUT2D eigenvalue weighted by molar-refractivity contribution is 7.91. The van der Waals surface area contributed by atoms with Crippen molar-refractivity contribution >= 4 is 66.4 Å². The summed E-state index contributed by atoms with van der Waals surface area (Å²) in [5.41, 5.74) is 5.51. The number of amides is 2. The van der Waals surface area contributed by atoms with Crippen LogP contribution >= 0.6 is 23.2 Å². The SMILES string of the molecule is O=C1NS(=O)(=O)[C@@H](CCOC(F)(F)F)CC/C=C/[C@H](O)[C@@H]2CC[C@H]2CN2C[C@@]3(CCCc4cc(Cl)ccc43)COc3ccc1cc32.O=C1NS(=O)(=O)[C@H](CCOC(F)(F)F)CC/C=C/[C@H](O)[C@@H]2CC[C@H]2CN2C[C@@]3(CCCc4cc(Cl)ccc43)COc3ccc1cc32. The van der Waals surface area contributed by atoms with E-state index in [4.69, 9.17) is 32.7 Å². The lowest BCUT2D eigenvalue weighted by Gasteiger charge is -2.45. The van der Waals surface area contributed by atoms with Crippen molar-refractivity contribution in [3.8, 4) is 11.5 Å². The highest BCUT2D eigenvalue weighted by Gasteiger charge is 2.47. The Hall–Kier alpha value is -5.60. The Balaban J connectivity index is 0.000000188. The summed E-state index contributed by atoms with van der Waals surface area (Å²) in [4.78, 5) is 31.3. The first-order chi connectivity index (χ1) is 43.7. The second kappa shape index (κ2) is 27.6. The number of rotatable bonds is 6. The molecule has 26 heteroatoms. The van der Waals surface area contributed by atoms with E-state index in [2.05, 4.69) is 40.9 Å². The molecule has 92 heavy (non-hydrogen) atoms. The van der Waals surface area contributed by atoms with Crippen LogP contribution in [-0.4, -0.2) is 127 Å². The van der Waals surface area contributed by atoms with Crippen LogP contribution in [0.3, 0.4) is 0 Å². The largest absolute Gasteiger partial charge is 0.522 e. The average molecular weight is 1370 g/mol. The number of ether oxygens (including phenoxy) is 4. The molecule has 2 spiro atoms. The van der Waals surface area contributed by atoms with Gasteiger partial charge in [-0.25, -0.2) is 26.3 Å². The number of fused-ring (bicyclic) bond motifs is 8. The minimum Gasteiger partial charge on any atom is -0.490 e. The predicted octanol–water partition coefficient (Wildman–Crippen LogP) is 11.8. The number of nitrogens with one attached hydrogen (secondary N) is 2. The van der Waals surface area contributed by atoms with Gasteiger partial charge >= 0.3 is 12.7 Å². The van der Waals surface area contributed by atoms with Crippen molar-refractivity contribution in [1.29, 1.82) is 0 Å². The molecular formula is C66H76Cl2F6N4O12S2. The van der Waals surface area contributed by atoms with Crippen molar-refractivity contribution in [2.24, 2.45) is 23.7 Å². The van der Waals surface area contributed by atoms with Crippen LogP contribution in [-0.2, 0) is 53.2 Å². The lowest BCUT2D eigenvalue weighted by Crippen LogP contribution is -2.49. The maximum Gasteiger partial charge on any atom is 0.522 e. The fourth-order valence-corrected chi connectivity index (χ4v) is 18.2. The van der Waals surface area contributed by atoms with Crippen LogP contribution in [0, 0.1) is 23.7 Å². The number of nitrogens with zero attached hydrogens (tertiary/aromatic N) is 2. The third-order valence-electron chi connectivity index (χ3n) is 20.1. The van der Waals surface area contributed by atoms with Gasteiger partial charge in [0.2, 0.25) is 20.0 Å². The molecule has 4 aromatic carbocycles. The van der Waals surface area contributed by atoms with E-state index in [0.717, 1.165) is 64.2 Å². The second-order valence-electron chi connectivity index (χ2n) is 25.9. The van der Waals surface area contributed by atoms with E-state index in [1.54, 1.807) is 48.6 Å². The third-order valence-corrected chi connectivity index (χ3v) is 24.2. The number of benzene rings is 4. The summed E-state index contributed by atoms with van der Waals surface area (Å²) in [6, 6.07) is 21.6. The molecule has 2 fully saturated rings. The first kappa shape index (κ1) is 67.8. The van der Waals surface area contributed by atoms with E-state index in [1.165, 1.54) is 34.4 Å². The van der Waals surface area contributed by atoms with Crippen molar-refractivity contribution in [2.45, 2.75) is 149 Å². The maximum absolute atomic E-state index is 13.4. The van der Waals surface area contributed by atoms with Crippen molar-refractivity contribution < 1.29 is 81.9 Å². The van der Waals surface area contributed by atoms with Crippen molar-refractivity contribution in [1.82, 2.24) is 9.44 Å².